The number of fused-ring (bicyclic) bond motifs is 1. The topological polar surface area (TPSA) is 63.8 Å². The van der Waals surface area contributed by atoms with Crippen molar-refractivity contribution in [2.45, 2.75) is 43.9 Å². The van der Waals surface area contributed by atoms with Crippen LogP contribution in [0, 0.1) is 0 Å². The van der Waals surface area contributed by atoms with E-state index in [1.54, 1.807) is 0 Å². The first-order valence-electron chi connectivity index (χ1n) is 6.73. The first-order valence-corrected chi connectivity index (χ1v) is 7.54. The van der Waals surface area contributed by atoms with Gasteiger partial charge < -0.3 is 11.1 Å². The van der Waals surface area contributed by atoms with Crippen molar-refractivity contribution in [2.24, 2.45) is 5.73 Å². The van der Waals surface area contributed by atoms with Crippen LogP contribution in [0.25, 0.3) is 10.2 Å². The van der Waals surface area contributed by atoms with Gasteiger partial charge in [-0.2, -0.15) is 13.2 Å². The lowest BCUT2D eigenvalue weighted by atomic mass is 10.2. The predicted octanol–water partition coefficient (Wildman–Crippen LogP) is 3.51. The molecule has 122 valence electrons. The van der Waals surface area contributed by atoms with Gasteiger partial charge in [0.05, 0.1) is 11.8 Å². The fourth-order valence-corrected chi connectivity index (χ4v) is 3.67. The van der Waals surface area contributed by atoms with Crippen molar-refractivity contribution in [1.29, 1.82) is 0 Å². The number of halogens is 4. The zero-order chi connectivity index (χ0) is 15.0. The van der Waals surface area contributed by atoms with E-state index < -0.39 is 12.6 Å². The van der Waals surface area contributed by atoms with Gasteiger partial charge in [0.15, 0.2) is 0 Å². The number of hydrogen-bond donors (Lipinski definition) is 2. The summed E-state index contributed by atoms with van der Waals surface area (Å²) in [6, 6.07) is 1.94. The number of nitrogens with one attached hydrogen (secondary N) is 1. The van der Waals surface area contributed by atoms with Gasteiger partial charge >= 0.3 is 6.18 Å². The minimum atomic E-state index is -4.21. The van der Waals surface area contributed by atoms with Crippen LogP contribution in [0.4, 0.5) is 19.0 Å². The van der Waals surface area contributed by atoms with Gasteiger partial charge in [-0.3, -0.25) is 0 Å². The smallest absolute Gasteiger partial charge is 0.367 e. The van der Waals surface area contributed by atoms with E-state index in [-0.39, 0.29) is 29.4 Å². The fourth-order valence-electron chi connectivity index (χ4n) is 2.65. The summed E-state index contributed by atoms with van der Waals surface area (Å²) in [6.45, 7) is 0. The Bertz CT molecular complexity index is 646. The van der Waals surface area contributed by atoms with Crippen LogP contribution in [0.3, 0.4) is 0 Å². The summed E-state index contributed by atoms with van der Waals surface area (Å²) < 4.78 is 37.4. The SMILES string of the molecule is Cl.N[C@H]1CC[C@@H](Nc2ncnc3sc(CC(F)(F)F)cc23)C1. The minimum Gasteiger partial charge on any atom is -0.367 e. The second-order valence-electron chi connectivity index (χ2n) is 5.36. The first-order chi connectivity index (χ1) is 9.90. The predicted molar refractivity (Wildman–Crippen MR) is 83.7 cm³/mol. The summed E-state index contributed by atoms with van der Waals surface area (Å²) in [5.74, 6) is 0.601. The van der Waals surface area contributed by atoms with Crippen molar-refractivity contribution >= 4 is 39.8 Å². The summed E-state index contributed by atoms with van der Waals surface area (Å²) in [6.07, 6.45) is -0.999. The second kappa shape index (κ2) is 6.55. The molecule has 1 aliphatic rings. The van der Waals surface area contributed by atoms with E-state index in [9.17, 15) is 13.2 Å². The van der Waals surface area contributed by atoms with Crippen molar-refractivity contribution in [3.05, 3.63) is 17.3 Å². The molecule has 9 heteroatoms. The molecule has 0 spiro atoms. The standard InChI is InChI=1S/C13H15F3N4S.ClH/c14-13(15,16)5-9-4-10-11(18-6-19-12(10)21-9)20-8-2-1-7(17)3-8;/h4,6-8H,1-3,5,17H2,(H,18,19,20);1H/t7-,8+;/m0./s1. The molecule has 1 fully saturated rings. The Morgan fingerprint density at radius 2 is 2.09 bits per heavy atom. The summed E-state index contributed by atoms with van der Waals surface area (Å²) in [4.78, 5) is 9.06. The molecule has 0 radical (unpaired) electrons. The molecule has 2 atom stereocenters. The van der Waals surface area contributed by atoms with Crippen molar-refractivity contribution in [3.8, 4) is 0 Å². The summed E-state index contributed by atoms with van der Waals surface area (Å²) >= 11 is 1.06. The number of aromatic nitrogens is 2. The Hall–Kier alpha value is -1.12. The van der Waals surface area contributed by atoms with Crippen LogP contribution in [0.15, 0.2) is 12.4 Å². The van der Waals surface area contributed by atoms with E-state index in [0.29, 0.717) is 16.0 Å². The third-order valence-corrected chi connectivity index (χ3v) is 4.61. The van der Waals surface area contributed by atoms with E-state index in [1.807, 2.05) is 0 Å². The average molecular weight is 353 g/mol. The Balaban J connectivity index is 0.00000176. The molecule has 2 aromatic rings. The lowest BCUT2D eigenvalue weighted by Crippen LogP contribution is -2.21. The van der Waals surface area contributed by atoms with Crippen LogP contribution in [0.5, 0.6) is 0 Å². The molecule has 22 heavy (non-hydrogen) atoms. The minimum absolute atomic E-state index is 0. The molecule has 0 aromatic carbocycles. The number of nitrogens with two attached hydrogens (primary N) is 1. The van der Waals surface area contributed by atoms with Gasteiger partial charge in [-0.25, -0.2) is 9.97 Å². The van der Waals surface area contributed by atoms with Crippen molar-refractivity contribution in [2.75, 3.05) is 5.32 Å². The number of hydrogen-bond acceptors (Lipinski definition) is 5. The third kappa shape index (κ3) is 3.99. The third-order valence-electron chi connectivity index (χ3n) is 3.57. The molecule has 0 saturated heterocycles. The van der Waals surface area contributed by atoms with Crippen LogP contribution >= 0.6 is 23.7 Å². The van der Waals surface area contributed by atoms with Crippen LogP contribution in [-0.4, -0.2) is 28.2 Å². The van der Waals surface area contributed by atoms with Gasteiger partial charge in [0.2, 0.25) is 0 Å². The number of anilines is 1. The average Bonchev–Trinajstić information content (AvgIpc) is 2.94. The Labute approximate surface area is 135 Å². The van der Waals surface area contributed by atoms with Gasteiger partial charge in [0, 0.05) is 17.0 Å². The highest BCUT2D eigenvalue weighted by Gasteiger charge is 2.29. The summed E-state index contributed by atoms with van der Waals surface area (Å²) in [5, 5.41) is 3.94. The number of alkyl halides is 3. The molecule has 2 aromatic heterocycles. The zero-order valence-corrected chi connectivity index (χ0v) is 13.2. The lowest BCUT2D eigenvalue weighted by molar-refractivity contribution is -0.126. The summed E-state index contributed by atoms with van der Waals surface area (Å²) in [5.41, 5.74) is 5.87. The van der Waals surface area contributed by atoms with E-state index in [4.69, 9.17) is 5.73 Å². The molecular formula is C13H16ClF3N4S. The van der Waals surface area contributed by atoms with Crippen LogP contribution in [0.2, 0.25) is 0 Å². The maximum absolute atomic E-state index is 12.5. The van der Waals surface area contributed by atoms with Gasteiger partial charge in [0.1, 0.15) is 17.0 Å². The van der Waals surface area contributed by atoms with Gasteiger partial charge in [-0.15, -0.1) is 23.7 Å². The number of thiophene rings is 1. The molecule has 0 aliphatic heterocycles. The Morgan fingerprint density at radius 1 is 1.32 bits per heavy atom. The van der Waals surface area contributed by atoms with Crippen molar-refractivity contribution < 1.29 is 13.2 Å². The second-order valence-corrected chi connectivity index (χ2v) is 6.48. The monoisotopic (exact) mass is 352 g/mol. The van der Waals surface area contributed by atoms with E-state index in [1.165, 1.54) is 12.4 Å². The molecule has 2 heterocycles. The van der Waals surface area contributed by atoms with Crippen LogP contribution in [0.1, 0.15) is 24.1 Å². The molecule has 3 rings (SSSR count). The first kappa shape index (κ1) is 17.2. The maximum atomic E-state index is 12.5. The fraction of sp³-hybridized carbons (Fsp3) is 0.538. The Morgan fingerprint density at radius 3 is 2.73 bits per heavy atom. The molecule has 0 amide bonds. The highest BCUT2D eigenvalue weighted by atomic mass is 35.5. The van der Waals surface area contributed by atoms with Crippen molar-refractivity contribution in [3.63, 3.8) is 0 Å². The molecule has 0 bridgehead atoms. The van der Waals surface area contributed by atoms with Crippen LogP contribution < -0.4 is 11.1 Å². The molecule has 0 unspecified atom stereocenters. The quantitative estimate of drug-likeness (QED) is 0.887. The number of rotatable bonds is 3. The Kier molecular flexibility index (Phi) is 5.14. The van der Waals surface area contributed by atoms with E-state index >= 15 is 0 Å². The molecule has 4 nitrogen and oxygen atoms in total. The van der Waals surface area contributed by atoms with Gasteiger partial charge in [-0.05, 0) is 25.3 Å². The molecular weight excluding hydrogens is 337 g/mol. The normalized spacial score (nSPS) is 21.8. The van der Waals surface area contributed by atoms with E-state index in [2.05, 4.69) is 15.3 Å². The molecule has 3 N–H and O–H groups in total. The lowest BCUT2D eigenvalue weighted by Gasteiger charge is -2.13. The summed E-state index contributed by atoms with van der Waals surface area (Å²) in [7, 11) is 0. The molecule has 1 saturated carbocycles. The van der Waals surface area contributed by atoms with Gasteiger partial charge in [0.25, 0.3) is 0 Å². The van der Waals surface area contributed by atoms with Gasteiger partial charge in [-0.1, -0.05) is 0 Å². The maximum Gasteiger partial charge on any atom is 0.393 e. The number of nitrogens with zero attached hydrogens (tertiary/aromatic N) is 2. The van der Waals surface area contributed by atoms with Crippen molar-refractivity contribution in [1.82, 2.24) is 9.97 Å². The van der Waals surface area contributed by atoms with E-state index in [0.717, 1.165) is 30.6 Å². The highest BCUT2D eigenvalue weighted by molar-refractivity contribution is 7.18. The van der Waals surface area contributed by atoms with Crippen LogP contribution in [-0.2, 0) is 6.42 Å². The zero-order valence-electron chi connectivity index (χ0n) is 11.6. The largest absolute Gasteiger partial charge is 0.393 e. The highest BCUT2D eigenvalue weighted by Crippen LogP contribution is 2.33. The molecule has 1 aliphatic carbocycles.